The summed E-state index contributed by atoms with van der Waals surface area (Å²) in [6.45, 7) is 0. The van der Waals surface area contributed by atoms with Gasteiger partial charge in [0.2, 0.25) is 0 Å². The van der Waals surface area contributed by atoms with Gasteiger partial charge in [-0.25, -0.2) is 4.39 Å². The summed E-state index contributed by atoms with van der Waals surface area (Å²) >= 11 is 0. The van der Waals surface area contributed by atoms with Crippen molar-refractivity contribution < 1.29 is 14.6 Å². The van der Waals surface area contributed by atoms with Crippen LogP contribution in [0.2, 0.25) is 0 Å². The second-order valence-corrected chi connectivity index (χ2v) is 6.26. The quantitative estimate of drug-likeness (QED) is 0.679. The van der Waals surface area contributed by atoms with Crippen molar-refractivity contribution in [1.82, 2.24) is 15.2 Å². The summed E-state index contributed by atoms with van der Waals surface area (Å²) in [5.74, 6) is -0.200. The Kier molecular flexibility index (Phi) is 3.93. The third kappa shape index (κ3) is 2.87. The van der Waals surface area contributed by atoms with Crippen molar-refractivity contribution in [1.29, 1.82) is 0 Å². The second-order valence-electron chi connectivity index (χ2n) is 6.26. The number of nitrogens with zero attached hydrogens (tertiary/aromatic N) is 3. The van der Waals surface area contributed by atoms with E-state index in [0.717, 1.165) is 18.2 Å². The van der Waals surface area contributed by atoms with Crippen LogP contribution in [0.15, 0.2) is 36.7 Å². The van der Waals surface area contributed by atoms with E-state index in [-0.39, 0.29) is 29.2 Å². The van der Waals surface area contributed by atoms with Crippen LogP contribution in [-0.4, -0.2) is 37.5 Å². The molecule has 0 amide bonds. The van der Waals surface area contributed by atoms with Crippen molar-refractivity contribution in [2.45, 2.75) is 31.4 Å². The van der Waals surface area contributed by atoms with Gasteiger partial charge in [-0.1, -0.05) is 6.07 Å². The van der Waals surface area contributed by atoms with Crippen LogP contribution in [0.1, 0.15) is 19.3 Å². The standard InChI is InChI=1S/C18H17FN4O2/c19-14-2-1-3-15(25)16(14)17-13-9-20-7-6-12(13)18(23-22-17)21-10-4-5-11(24)8-10/h1-3,6-7,9-11,24-25H,4-5,8H2,(H,21,23)/t10?,11-/m0/s1. The zero-order chi connectivity index (χ0) is 17.4. The van der Waals surface area contributed by atoms with Crippen molar-refractivity contribution in [2.75, 3.05) is 5.32 Å². The first-order valence-electron chi connectivity index (χ1n) is 8.16. The number of phenols is 1. The highest BCUT2D eigenvalue weighted by Crippen LogP contribution is 2.36. The maximum absolute atomic E-state index is 14.2. The molecule has 3 aromatic rings. The molecule has 7 heteroatoms. The fourth-order valence-corrected chi connectivity index (χ4v) is 3.32. The van der Waals surface area contributed by atoms with Gasteiger partial charge in [-0.15, -0.1) is 10.2 Å². The van der Waals surface area contributed by atoms with Crippen LogP contribution in [0, 0.1) is 5.82 Å². The molecule has 0 aliphatic heterocycles. The number of rotatable bonds is 3. The lowest BCUT2D eigenvalue weighted by Gasteiger charge is -2.15. The van der Waals surface area contributed by atoms with Gasteiger partial charge >= 0.3 is 0 Å². The minimum absolute atomic E-state index is 0.0100. The maximum Gasteiger partial charge on any atom is 0.156 e. The average molecular weight is 340 g/mol. The molecule has 3 N–H and O–H groups in total. The zero-order valence-corrected chi connectivity index (χ0v) is 13.4. The Balaban J connectivity index is 1.82. The number of aromatic hydroxyl groups is 1. The first-order valence-corrected chi connectivity index (χ1v) is 8.16. The molecule has 1 saturated carbocycles. The average Bonchev–Trinajstić information content (AvgIpc) is 3.01. The number of hydrogen-bond acceptors (Lipinski definition) is 6. The molecule has 1 fully saturated rings. The van der Waals surface area contributed by atoms with Crippen LogP contribution < -0.4 is 5.32 Å². The molecule has 0 bridgehead atoms. The van der Waals surface area contributed by atoms with E-state index in [0.29, 0.717) is 17.6 Å². The van der Waals surface area contributed by atoms with Gasteiger partial charge in [0.15, 0.2) is 5.82 Å². The number of phenolic OH excluding ortho intramolecular Hbond substituents is 1. The van der Waals surface area contributed by atoms with Gasteiger partial charge in [0.25, 0.3) is 0 Å². The van der Waals surface area contributed by atoms with Crippen LogP contribution in [0.25, 0.3) is 22.0 Å². The molecule has 6 nitrogen and oxygen atoms in total. The van der Waals surface area contributed by atoms with E-state index in [9.17, 15) is 14.6 Å². The fourth-order valence-electron chi connectivity index (χ4n) is 3.32. The third-order valence-electron chi connectivity index (χ3n) is 4.56. The SMILES string of the molecule is Oc1cccc(F)c1-c1nnc(NC2CC[C@H](O)C2)c2ccncc12. The predicted octanol–water partition coefficient (Wildman–Crippen LogP) is 2.86. The molecular weight excluding hydrogens is 323 g/mol. The molecule has 25 heavy (non-hydrogen) atoms. The van der Waals surface area contributed by atoms with Gasteiger partial charge in [0.1, 0.15) is 17.3 Å². The van der Waals surface area contributed by atoms with E-state index in [2.05, 4.69) is 20.5 Å². The van der Waals surface area contributed by atoms with Crippen LogP contribution in [0.5, 0.6) is 5.75 Å². The zero-order valence-electron chi connectivity index (χ0n) is 13.4. The molecule has 0 spiro atoms. The fraction of sp³-hybridized carbons (Fsp3) is 0.278. The molecule has 2 atom stereocenters. The highest BCUT2D eigenvalue weighted by atomic mass is 19.1. The molecule has 1 aliphatic carbocycles. The number of benzene rings is 1. The minimum atomic E-state index is -0.570. The molecule has 4 rings (SSSR count). The number of aliphatic hydroxyl groups is 1. The summed E-state index contributed by atoms with van der Waals surface area (Å²) in [5, 5.41) is 32.7. The first-order chi connectivity index (χ1) is 12.1. The lowest BCUT2D eigenvalue weighted by Crippen LogP contribution is -2.18. The monoisotopic (exact) mass is 340 g/mol. The van der Waals surface area contributed by atoms with Gasteiger partial charge in [-0.05, 0) is 37.5 Å². The van der Waals surface area contributed by atoms with Crippen molar-refractivity contribution >= 4 is 16.6 Å². The number of pyridine rings is 1. The Morgan fingerprint density at radius 2 is 2.00 bits per heavy atom. The van der Waals surface area contributed by atoms with Gasteiger partial charge in [0.05, 0.1) is 11.7 Å². The van der Waals surface area contributed by atoms with Crippen LogP contribution >= 0.6 is 0 Å². The summed E-state index contributed by atoms with van der Waals surface area (Å²) in [6.07, 6.45) is 5.18. The van der Waals surface area contributed by atoms with E-state index in [4.69, 9.17) is 0 Å². The second kappa shape index (κ2) is 6.25. The molecule has 0 radical (unpaired) electrons. The Morgan fingerprint density at radius 3 is 2.76 bits per heavy atom. The number of halogens is 1. The molecule has 128 valence electrons. The maximum atomic E-state index is 14.2. The van der Waals surface area contributed by atoms with Crippen molar-refractivity contribution in [3.05, 3.63) is 42.5 Å². The Hall–Kier alpha value is -2.80. The van der Waals surface area contributed by atoms with Crippen LogP contribution in [0.4, 0.5) is 10.2 Å². The summed E-state index contributed by atoms with van der Waals surface area (Å²) in [5.41, 5.74) is 0.256. The summed E-state index contributed by atoms with van der Waals surface area (Å²) in [7, 11) is 0. The van der Waals surface area contributed by atoms with Crippen LogP contribution in [-0.2, 0) is 0 Å². The molecule has 1 aliphatic rings. The number of hydrogen-bond donors (Lipinski definition) is 3. The highest BCUT2D eigenvalue weighted by Gasteiger charge is 2.24. The number of anilines is 1. The molecule has 2 aromatic heterocycles. The number of aromatic nitrogens is 3. The molecule has 1 aromatic carbocycles. The molecule has 1 unspecified atom stereocenters. The molecular formula is C18H17FN4O2. The topological polar surface area (TPSA) is 91.2 Å². The smallest absolute Gasteiger partial charge is 0.156 e. The van der Waals surface area contributed by atoms with Crippen molar-refractivity contribution in [2.24, 2.45) is 0 Å². The lowest BCUT2D eigenvalue weighted by atomic mass is 10.0. The predicted molar refractivity (Wildman–Crippen MR) is 91.7 cm³/mol. The minimum Gasteiger partial charge on any atom is -0.507 e. The Morgan fingerprint density at radius 1 is 1.12 bits per heavy atom. The number of fused-ring (bicyclic) bond motifs is 1. The van der Waals surface area contributed by atoms with Gasteiger partial charge in [-0.3, -0.25) is 4.98 Å². The summed E-state index contributed by atoms with van der Waals surface area (Å²) < 4.78 is 14.2. The van der Waals surface area contributed by atoms with E-state index >= 15 is 0 Å². The van der Waals surface area contributed by atoms with Crippen molar-refractivity contribution in [3.8, 4) is 17.0 Å². The van der Waals surface area contributed by atoms with E-state index in [1.54, 1.807) is 18.5 Å². The van der Waals surface area contributed by atoms with Crippen LogP contribution in [0.3, 0.4) is 0 Å². The van der Waals surface area contributed by atoms with Crippen molar-refractivity contribution in [3.63, 3.8) is 0 Å². The number of nitrogens with one attached hydrogen (secondary N) is 1. The lowest BCUT2D eigenvalue weighted by molar-refractivity contribution is 0.182. The summed E-state index contributed by atoms with van der Waals surface area (Å²) in [6, 6.07) is 6.01. The highest BCUT2D eigenvalue weighted by molar-refractivity contribution is 6.00. The summed E-state index contributed by atoms with van der Waals surface area (Å²) in [4.78, 5) is 4.10. The number of aliphatic hydroxyl groups excluding tert-OH is 1. The van der Waals surface area contributed by atoms with E-state index in [1.165, 1.54) is 18.2 Å². The third-order valence-corrected chi connectivity index (χ3v) is 4.56. The normalized spacial score (nSPS) is 20.1. The van der Waals surface area contributed by atoms with E-state index < -0.39 is 5.82 Å². The Bertz CT molecular complexity index is 914. The van der Waals surface area contributed by atoms with Gasteiger partial charge in [0, 0.05) is 29.2 Å². The van der Waals surface area contributed by atoms with Gasteiger partial charge < -0.3 is 15.5 Å². The van der Waals surface area contributed by atoms with E-state index in [1.807, 2.05) is 0 Å². The molecule has 0 saturated heterocycles. The molecule has 2 heterocycles. The largest absolute Gasteiger partial charge is 0.507 e. The first kappa shape index (κ1) is 15.7. The van der Waals surface area contributed by atoms with Gasteiger partial charge in [-0.2, -0.15) is 0 Å². The Labute approximate surface area is 143 Å².